The lowest BCUT2D eigenvalue weighted by atomic mass is 9.84. The molecule has 1 amide bonds. The molecule has 1 heterocycles. The van der Waals surface area contributed by atoms with Gasteiger partial charge < -0.3 is 14.6 Å². The number of nitrogens with zero attached hydrogens (tertiary/aromatic N) is 1. The summed E-state index contributed by atoms with van der Waals surface area (Å²) in [4.78, 5) is 14.3. The maximum absolute atomic E-state index is 12.1. The standard InChI is InChI=1S/C17H26N2O2/c1-13-8-9-15(21-13)10-11-17(20)18-16-7-5-4-6-14(16)12-19(2)3/h8-11,14,16H,4-7,12H2,1-3H3,(H,18,20)/b11-10+. The fraction of sp³-hybridized carbons (Fsp3) is 0.588. The van der Waals surface area contributed by atoms with Crippen LogP contribution in [0, 0.1) is 12.8 Å². The van der Waals surface area contributed by atoms with Crippen molar-refractivity contribution in [1.82, 2.24) is 10.2 Å². The molecule has 21 heavy (non-hydrogen) atoms. The second kappa shape index (κ2) is 7.46. The number of rotatable bonds is 5. The van der Waals surface area contributed by atoms with Gasteiger partial charge in [0.15, 0.2) is 0 Å². The Morgan fingerprint density at radius 1 is 1.38 bits per heavy atom. The minimum absolute atomic E-state index is 0.0280. The van der Waals surface area contributed by atoms with Crippen molar-refractivity contribution in [3.8, 4) is 0 Å². The van der Waals surface area contributed by atoms with Crippen LogP contribution in [0.1, 0.15) is 37.2 Å². The van der Waals surface area contributed by atoms with Crippen LogP contribution in [0.2, 0.25) is 0 Å². The molecule has 0 spiro atoms. The summed E-state index contributed by atoms with van der Waals surface area (Å²) >= 11 is 0. The van der Waals surface area contributed by atoms with Crippen molar-refractivity contribution in [3.63, 3.8) is 0 Å². The Labute approximate surface area is 127 Å². The number of hydrogen-bond acceptors (Lipinski definition) is 3. The quantitative estimate of drug-likeness (QED) is 0.848. The van der Waals surface area contributed by atoms with Crippen LogP contribution in [-0.2, 0) is 4.79 Å². The average molecular weight is 290 g/mol. The van der Waals surface area contributed by atoms with Crippen molar-refractivity contribution in [2.75, 3.05) is 20.6 Å². The Bertz CT molecular complexity index is 491. The number of aryl methyl sites for hydroxylation is 1. The highest BCUT2D eigenvalue weighted by Crippen LogP contribution is 2.25. The first kappa shape index (κ1) is 15.8. The molecule has 1 saturated carbocycles. The zero-order valence-corrected chi connectivity index (χ0v) is 13.3. The van der Waals surface area contributed by atoms with E-state index in [0.29, 0.717) is 5.92 Å². The lowest BCUT2D eigenvalue weighted by Crippen LogP contribution is -2.44. The summed E-state index contributed by atoms with van der Waals surface area (Å²) in [5.74, 6) is 2.10. The third-order valence-corrected chi connectivity index (χ3v) is 4.00. The molecule has 1 aromatic heterocycles. The third kappa shape index (κ3) is 5.05. The highest BCUT2D eigenvalue weighted by molar-refractivity contribution is 5.91. The minimum Gasteiger partial charge on any atom is -0.462 e. The Hall–Kier alpha value is -1.55. The SMILES string of the molecule is Cc1ccc(/C=C/C(=O)NC2CCCCC2CN(C)C)o1. The monoisotopic (exact) mass is 290 g/mol. The van der Waals surface area contributed by atoms with Crippen LogP contribution in [0.25, 0.3) is 6.08 Å². The Morgan fingerprint density at radius 3 is 2.81 bits per heavy atom. The molecule has 0 aromatic carbocycles. The lowest BCUT2D eigenvalue weighted by Gasteiger charge is -2.33. The molecule has 2 atom stereocenters. The summed E-state index contributed by atoms with van der Waals surface area (Å²) in [5.41, 5.74) is 0. The van der Waals surface area contributed by atoms with E-state index in [0.717, 1.165) is 24.5 Å². The predicted octanol–water partition coefficient (Wildman–Crippen LogP) is 2.84. The van der Waals surface area contributed by atoms with Gasteiger partial charge in [-0.2, -0.15) is 0 Å². The number of hydrogen-bond donors (Lipinski definition) is 1. The van der Waals surface area contributed by atoms with Crippen molar-refractivity contribution in [2.24, 2.45) is 5.92 Å². The topological polar surface area (TPSA) is 45.5 Å². The normalized spacial score (nSPS) is 22.9. The van der Waals surface area contributed by atoms with Crippen LogP contribution in [0.3, 0.4) is 0 Å². The number of nitrogens with one attached hydrogen (secondary N) is 1. The van der Waals surface area contributed by atoms with Gasteiger partial charge in [0, 0.05) is 18.7 Å². The summed E-state index contributed by atoms with van der Waals surface area (Å²) in [5, 5.41) is 3.16. The van der Waals surface area contributed by atoms with Crippen LogP contribution < -0.4 is 5.32 Å². The predicted molar refractivity (Wildman–Crippen MR) is 84.9 cm³/mol. The van der Waals surface area contributed by atoms with Gasteiger partial charge in [-0.1, -0.05) is 12.8 Å². The van der Waals surface area contributed by atoms with Crippen LogP contribution >= 0.6 is 0 Å². The Balaban J connectivity index is 1.89. The molecule has 1 aliphatic rings. The van der Waals surface area contributed by atoms with E-state index in [2.05, 4.69) is 24.3 Å². The van der Waals surface area contributed by atoms with Crippen LogP contribution in [-0.4, -0.2) is 37.5 Å². The molecule has 0 bridgehead atoms. The molecule has 2 rings (SSSR count). The molecule has 1 aromatic rings. The highest BCUT2D eigenvalue weighted by Gasteiger charge is 2.26. The minimum atomic E-state index is -0.0280. The number of carbonyl (C=O) groups excluding carboxylic acids is 1. The number of furan rings is 1. The van der Waals surface area contributed by atoms with Gasteiger partial charge in [-0.05, 0) is 58.0 Å². The summed E-state index contributed by atoms with van der Waals surface area (Å²) in [7, 11) is 4.18. The molecule has 4 nitrogen and oxygen atoms in total. The van der Waals surface area contributed by atoms with E-state index in [1.807, 2.05) is 19.1 Å². The van der Waals surface area contributed by atoms with Gasteiger partial charge in [-0.25, -0.2) is 0 Å². The molecular formula is C17H26N2O2. The van der Waals surface area contributed by atoms with E-state index in [1.54, 1.807) is 12.2 Å². The van der Waals surface area contributed by atoms with Crippen LogP contribution in [0.4, 0.5) is 0 Å². The Morgan fingerprint density at radius 2 is 2.14 bits per heavy atom. The van der Waals surface area contributed by atoms with E-state index in [9.17, 15) is 4.79 Å². The zero-order chi connectivity index (χ0) is 15.2. The largest absolute Gasteiger partial charge is 0.462 e. The summed E-state index contributed by atoms with van der Waals surface area (Å²) < 4.78 is 5.42. The third-order valence-electron chi connectivity index (χ3n) is 4.00. The van der Waals surface area contributed by atoms with Gasteiger partial charge in [0.25, 0.3) is 0 Å². The van der Waals surface area contributed by atoms with Crippen molar-refractivity contribution >= 4 is 12.0 Å². The van der Waals surface area contributed by atoms with Crippen molar-refractivity contribution < 1.29 is 9.21 Å². The molecule has 1 fully saturated rings. The molecular weight excluding hydrogens is 264 g/mol. The van der Waals surface area contributed by atoms with Gasteiger partial charge in [0.05, 0.1) is 0 Å². The van der Waals surface area contributed by atoms with Crippen molar-refractivity contribution in [1.29, 1.82) is 0 Å². The molecule has 0 saturated heterocycles. The Kier molecular flexibility index (Phi) is 5.62. The number of carbonyl (C=O) groups is 1. The first-order valence-electron chi connectivity index (χ1n) is 7.74. The summed E-state index contributed by atoms with van der Waals surface area (Å²) in [6.45, 7) is 2.93. The lowest BCUT2D eigenvalue weighted by molar-refractivity contribution is -0.117. The van der Waals surface area contributed by atoms with E-state index in [1.165, 1.54) is 19.3 Å². The van der Waals surface area contributed by atoms with Gasteiger partial charge in [0.2, 0.25) is 5.91 Å². The summed E-state index contributed by atoms with van der Waals surface area (Å²) in [6, 6.07) is 4.05. The maximum Gasteiger partial charge on any atom is 0.244 e. The van der Waals surface area contributed by atoms with Gasteiger partial charge >= 0.3 is 0 Å². The van der Waals surface area contributed by atoms with E-state index in [-0.39, 0.29) is 11.9 Å². The van der Waals surface area contributed by atoms with Gasteiger partial charge in [-0.3, -0.25) is 4.79 Å². The molecule has 1 N–H and O–H groups in total. The first-order chi connectivity index (χ1) is 10.0. The maximum atomic E-state index is 12.1. The number of amides is 1. The van der Waals surface area contributed by atoms with Crippen LogP contribution in [0.15, 0.2) is 22.6 Å². The molecule has 2 unspecified atom stereocenters. The fourth-order valence-corrected chi connectivity index (χ4v) is 3.02. The molecule has 4 heteroatoms. The molecule has 116 valence electrons. The highest BCUT2D eigenvalue weighted by atomic mass is 16.3. The molecule has 1 aliphatic carbocycles. The smallest absolute Gasteiger partial charge is 0.244 e. The zero-order valence-electron chi connectivity index (χ0n) is 13.3. The summed E-state index contributed by atoms with van der Waals surface area (Å²) in [6.07, 6.45) is 8.05. The van der Waals surface area contributed by atoms with Crippen molar-refractivity contribution in [3.05, 3.63) is 29.7 Å². The first-order valence-corrected chi connectivity index (χ1v) is 7.74. The van der Waals surface area contributed by atoms with Gasteiger partial charge in [0.1, 0.15) is 11.5 Å². The fourth-order valence-electron chi connectivity index (χ4n) is 3.02. The van der Waals surface area contributed by atoms with E-state index in [4.69, 9.17) is 4.42 Å². The molecule has 0 aliphatic heterocycles. The van der Waals surface area contributed by atoms with Crippen LogP contribution in [0.5, 0.6) is 0 Å². The van der Waals surface area contributed by atoms with E-state index >= 15 is 0 Å². The second-order valence-electron chi connectivity index (χ2n) is 6.20. The second-order valence-corrected chi connectivity index (χ2v) is 6.20. The molecule has 0 radical (unpaired) electrons. The van der Waals surface area contributed by atoms with Crippen molar-refractivity contribution in [2.45, 2.75) is 38.6 Å². The van der Waals surface area contributed by atoms with Gasteiger partial charge in [-0.15, -0.1) is 0 Å². The van der Waals surface area contributed by atoms with E-state index < -0.39 is 0 Å². The average Bonchev–Trinajstić information content (AvgIpc) is 2.84.